The van der Waals surface area contributed by atoms with E-state index in [0.717, 1.165) is 11.1 Å². The average Bonchev–Trinajstić information content (AvgIpc) is 2.54. The summed E-state index contributed by atoms with van der Waals surface area (Å²) in [7, 11) is 0. The number of carbonyl (C=O) groups is 1. The van der Waals surface area contributed by atoms with Crippen molar-refractivity contribution in [3.8, 4) is 0 Å². The molecule has 1 N–H and O–H groups in total. The first-order chi connectivity index (χ1) is 6.76. The van der Waals surface area contributed by atoms with Crippen LogP contribution >= 0.6 is 0 Å². The van der Waals surface area contributed by atoms with E-state index in [1.807, 2.05) is 0 Å². The van der Waals surface area contributed by atoms with Gasteiger partial charge in [0, 0.05) is 6.42 Å². The fourth-order valence-electron chi connectivity index (χ4n) is 1.76. The molecule has 0 aromatic heterocycles. The lowest BCUT2D eigenvalue weighted by Crippen LogP contribution is -2.07. The molecule has 1 unspecified atom stereocenters. The Labute approximate surface area is 79.9 Å². The maximum Gasteiger partial charge on any atom is 0.133 e. The summed E-state index contributed by atoms with van der Waals surface area (Å²) in [4.78, 5) is 10.7. The predicted molar refractivity (Wildman–Crippen MR) is 48.1 cm³/mol. The van der Waals surface area contributed by atoms with E-state index in [1.54, 1.807) is 6.07 Å². The molecule has 0 radical (unpaired) electrons. The zero-order valence-electron chi connectivity index (χ0n) is 7.27. The van der Waals surface area contributed by atoms with Crippen molar-refractivity contribution < 1.29 is 14.4 Å². The van der Waals surface area contributed by atoms with Gasteiger partial charge in [0.2, 0.25) is 0 Å². The molecule has 0 amide bonds. The molecule has 2 rings (SSSR count). The highest BCUT2D eigenvalue weighted by Crippen LogP contribution is 2.30. The van der Waals surface area contributed by atoms with Gasteiger partial charge in [0.25, 0.3) is 0 Å². The third-order valence-electron chi connectivity index (χ3n) is 2.44. The summed E-state index contributed by atoms with van der Waals surface area (Å²) >= 11 is 0. The standard InChI is InChI=1S/C10H8FNO2/c11-7-1-2-8-6(3-7)4-10(12-14)9(8)5-13/h1-3,5,9,14H,4H2. The molecule has 0 saturated carbocycles. The summed E-state index contributed by atoms with van der Waals surface area (Å²) in [5.74, 6) is -0.858. The first-order valence-corrected chi connectivity index (χ1v) is 4.20. The molecule has 0 spiro atoms. The quantitative estimate of drug-likeness (QED) is 0.417. The van der Waals surface area contributed by atoms with Crippen LogP contribution in [-0.2, 0) is 11.2 Å². The second-order valence-corrected chi connectivity index (χ2v) is 3.23. The van der Waals surface area contributed by atoms with Crippen LogP contribution in [0.25, 0.3) is 0 Å². The van der Waals surface area contributed by atoms with Crippen LogP contribution in [0.1, 0.15) is 17.0 Å². The molecule has 1 aromatic carbocycles. The van der Waals surface area contributed by atoms with E-state index in [9.17, 15) is 9.18 Å². The van der Waals surface area contributed by atoms with E-state index >= 15 is 0 Å². The molecule has 1 aromatic rings. The molecule has 4 heteroatoms. The van der Waals surface area contributed by atoms with Crippen LogP contribution in [0.2, 0.25) is 0 Å². The van der Waals surface area contributed by atoms with Crippen molar-refractivity contribution in [2.24, 2.45) is 5.16 Å². The van der Waals surface area contributed by atoms with Gasteiger partial charge in [-0.2, -0.15) is 0 Å². The molecular weight excluding hydrogens is 185 g/mol. The number of nitrogens with zero attached hydrogens (tertiary/aromatic N) is 1. The van der Waals surface area contributed by atoms with Crippen molar-refractivity contribution in [1.29, 1.82) is 0 Å². The fourth-order valence-corrected chi connectivity index (χ4v) is 1.76. The highest BCUT2D eigenvalue weighted by atomic mass is 19.1. The van der Waals surface area contributed by atoms with Crippen molar-refractivity contribution in [2.45, 2.75) is 12.3 Å². The number of fused-ring (bicyclic) bond motifs is 1. The first-order valence-electron chi connectivity index (χ1n) is 4.20. The van der Waals surface area contributed by atoms with E-state index in [2.05, 4.69) is 5.16 Å². The number of halogens is 1. The van der Waals surface area contributed by atoms with Gasteiger partial charge in [-0.05, 0) is 23.3 Å². The van der Waals surface area contributed by atoms with E-state index in [0.29, 0.717) is 18.4 Å². The van der Waals surface area contributed by atoms with Crippen molar-refractivity contribution in [1.82, 2.24) is 0 Å². The third kappa shape index (κ3) is 1.19. The first kappa shape index (κ1) is 8.87. The summed E-state index contributed by atoms with van der Waals surface area (Å²) in [5, 5.41) is 11.7. The highest BCUT2D eigenvalue weighted by molar-refractivity contribution is 6.06. The zero-order chi connectivity index (χ0) is 10.1. The third-order valence-corrected chi connectivity index (χ3v) is 2.44. The molecule has 0 fully saturated rings. The van der Waals surface area contributed by atoms with Gasteiger partial charge in [0.05, 0.1) is 11.6 Å². The van der Waals surface area contributed by atoms with E-state index in [4.69, 9.17) is 5.21 Å². The topological polar surface area (TPSA) is 49.7 Å². The van der Waals surface area contributed by atoms with Gasteiger partial charge in [-0.1, -0.05) is 11.2 Å². The van der Waals surface area contributed by atoms with Crippen LogP contribution in [0.4, 0.5) is 4.39 Å². The van der Waals surface area contributed by atoms with E-state index in [-0.39, 0.29) is 5.82 Å². The summed E-state index contributed by atoms with van der Waals surface area (Å²) in [5.41, 5.74) is 1.82. The number of benzene rings is 1. The minimum Gasteiger partial charge on any atom is -0.411 e. The Kier molecular flexibility index (Phi) is 2.04. The molecule has 3 nitrogen and oxygen atoms in total. The van der Waals surface area contributed by atoms with Crippen LogP contribution < -0.4 is 0 Å². The Morgan fingerprint density at radius 2 is 2.36 bits per heavy atom. The molecule has 0 bridgehead atoms. The van der Waals surface area contributed by atoms with E-state index < -0.39 is 5.92 Å². The zero-order valence-corrected chi connectivity index (χ0v) is 7.27. The SMILES string of the molecule is O=CC1C(=NO)Cc2cc(F)ccc21. The lowest BCUT2D eigenvalue weighted by molar-refractivity contribution is -0.107. The number of hydrogen-bond acceptors (Lipinski definition) is 3. The lowest BCUT2D eigenvalue weighted by atomic mass is 10.0. The smallest absolute Gasteiger partial charge is 0.133 e. The van der Waals surface area contributed by atoms with Gasteiger partial charge < -0.3 is 10.0 Å². The largest absolute Gasteiger partial charge is 0.411 e. The number of oxime groups is 1. The Morgan fingerprint density at radius 3 is 3.00 bits per heavy atom. The highest BCUT2D eigenvalue weighted by Gasteiger charge is 2.28. The Hall–Kier alpha value is -1.71. The van der Waals surface area contributed by atoms with Crippen LogP contribution in [0.3, 0.4) is 0 Å². The molecule has 0 saturated heterocycles. The molecule has 72 valence electrons. The molecule has 1 atom stereocenters. The maximum absolute atomic E-state index is 12.8. The Bertz CT molecular complexity index is 415. The van der Waals surface area contributed by atoms with Crippen molar-refractivity contribution >= 4 is 12.0 Å². The van der Waals surface area contributed by atoms with Crippen LogP contribution in [0.5, 0.6) is 0 Å². The number of aldehydes is 1. The second kappa shape index (κ2) is 3.21. The monoisotopic (exact) mass is 193 g/mol. The Balaban J connectivity index is 2.52. The summed E-state index contributed by atoms with van der Waals surface area (Å²) in [6, 6.07) is 4.22. The van der Waals surface area contributed by atoms with Gasteiger partial charge in [0.15, 0.2) is 0 Å². The number of hydrogen-bond donors (Lipinski definition) is 1. The normalized spacial score (nSPS) is 22.4. The second-order valence-electron chi connectivity index (χ2n) is 3.23. The number of rotatable bonds is 1. The summed E-state index contributed by atoms with van der Waals surface area (Å²) < 4.78 is 12.8. The summed E-state index contributed by atoms with van der Waals surface area (Å²) in [6.07, 6.45) is 1.05. The van der Waals surface area contributed by atoms with Crippen LogP contribution in [0, 0.1) is 5.82 Å². The Morgan fingerprint density at radius 1 is 1.57 bits per heavy atom. The van der Waals surface area contributed by atoms with Crippen LogP contribution in [-0.4, -0.2) is 17.2 Å². The molecule has 0 heterocycles. The van der Waals surface area contributed by atoms with Gasteiger partial charge >= 0.3 is 0 Å². The minimum absolute atomic E-state index is 0.340. The maximum atomic E-state index is 12.8. The van der Waals surface area contributed by atoms with Crippen molar-refractivity contribution in [3.05, 3.63) is 35.1 Å². The minimum atomic E-state index is -0.518. The van der Waals surface area contributed by atoms with Crippen molar-refractivity contribution in [3.63, 3.8) is 0 Å². The molecule has 0 aliphatic heterocycles. The van der Waals surface area contributed by atoms with Crippen molar-refractivity contribution in [2.75, 3.05) is 0 Å². The molecule has 14 heavy (non-hydrogen) atoms. The van der Waals surface area contributed by atoms with Gasteiger partial charge in [0.1, 0.15) is 12.1 Å². The fraction of sp³-hybridized carbons (Fsp3) is 0.200. The van der Waals surface area contributed by atoms with Gasteiger partial charge in [-0.3, -0.25) is 0 Å². The van der Waals surface area contributed by atoms with Gasteiger partial charge in [-0.15, -0.1) is 0 Å². The molecular formula is C10H8FNO2. The predicted octanol–water partition coefficient (Wildman–Crippen LogP) is 1.49. The lowest BCUT2D eigenvalue weighted by Gasteiger charge is -2.01. The van der Waals surface area contributed by atoms with E-state index in [1.165, 1.54) is 12.1 Å². The number of carbonyl (C=O) groups excluding carboxylic acids is 1. The molecule has 1 aliphatic carbocycles. The van der Waals surface area contributed by atoms with Gasteiger partial charge in [-0.25, -0.2) is 4.39 Å². The summed E-state index contributed by atoms with van der Waals surface area (Å²) in [6.45, 7) is 0. The molecule has 1 aliphatic rings. The van der Waals surface area contributed by atoms with Crippen LogP contribution in [0.15, 0.2) is 23.4 Å². The average molecular weight is 193 g/mol.